The lowest BCUT2D eigenvalue weighted by molar-refractivity contribution is -0.142. The topological polar surface area (TPSA) is 67.9 Å². The number of ether oxygens (including phenoxy) is 2. The number of methoxy groups -OCH3 is 1. The van der Waals surface area contributed by atoms with Crippen LogP contribution in [0.25, 0.3) is 10.8 Å². The number of hydrogen-bond acceptors (Lipinski definition) is 4. The summed E-state index contributed by atoms with van der Waals surface area (Å²) >= 11 is 0. The first-order valence-electron chi connectivity index (χ1n) is 11.9. The molecule has 1 aliphatic rings. The smallest absolute Gasteiger partial charge is 0.261 e. The summed E-state index contributed by atoms with van der Waals surface area (Å²) in [6.07, 6.45) is 4.25. The molecule has 0 bridgehead atoms. The Morgan fingerprint density at radius 1 is 1.00 bits per heavy atom. The average molecular weight is 461 g/mol. The highest BCUT2D eigenvalue weighted by atomic mass is 16.5. The number of nitrogens with one attached hydrogen (secondary N) is 1. The van der Waals surface area contributed by atoms with Crippen molar-refractivity contribution in [2.75, 3.05) is 13.7 Å². The van der Waals surface area contributed by atoms with Gasteiger partial charge in [0.15, 0.2) is 6.61 Å². The highest BCUT2D eigenvalue weighted by Crippen LogP contribution is 2.25. The minimum absolute atomic E-state index is 0.126. The van der Waals surface area contributed by atoms with Crippen molar-refractivity contribution in [1.29, 1.82) is 0 Å². The molecule has 6 heteroatoms. The molecule has 1 atom stereocenters. The average Bonchev–Trinajstić information content (AvgIpc) is 3.38. The van der Waals surface area contributed by atoms with Crippen molar-refractivity contribution in [2.24, 2.45) is 0 Å². The third kappa shape index (κ3) is 5.68. The Labute approximate surface area is 200 Å². The van der Waals surface area contributed by atoms with Crippen LogP contribution in [0, 0.1) is 0 Å². The van der Waals surface area contributed by atoms with Gasteiger partial charge in [-0.3, -0.25) is 9.59 Å². The van der Waals surface area contributed by atoms with Crippen molar-refractivity contribution in [3.63, 3.8) is 0 Å². The number of hydrogen-bond donors (Lipinski definition) is 1. The number of carbonyl (C=O) groups is 2. The summed E-state index contributed by atoms with van der Waals surface area (Å²) in [5.74, 6) is 1.03. The second-order valence-corrected chi connectivity index (χ2v) is 8.80. The Kier molecular flexibility index (Phi) is 7.68. The van der Waals surface area contributed by atoms with Gasteiger partial charge >= 0.3 is 0 Å². The number of fused-ring (bicyclic) bond motifs is 1. The molecule has 0 aromatic heterocycles. The van der Waals surface area contributed by atoms with Crippen LogP contribution in [0.1, 0.15) is 38.2 Å². The Bertz CT molecular complexity index is 1120. The van der Waals surface area contributed by atoms with E-state index in [1.165, 1.54) is 0 Å². The van der Waals surface area contributed by atoms with E-state index in [0.29, 0.717) is 12.3 Å². The molecule has 0 saturated heterocycles. The van der Waals surface area contributed by atoms with Gasteiger partial charge in [0.1, 0.15) is 17.5 Å². The fourth-order valence-corrected chi connectivity index (χ4v) is 4.45. The van der Waals surface area contributed by atoms with Gasteiger partial charge in [0.05, 0.1) is 7.11 Å². The molecule has 0 spiro atoms. The second-order valence-electron chi connectivity index (χ2n) is 8.80. The fraction of sp³-hybridized carbons (Fsp3) is 0.357. The van der Waals surface area contributed by atoms with E-state index in [4.69, 9.17) is 9.47 Å². The molecule has 6 nitrogen and oxygen atoms in total. The number of nitrogens with zero attached hydrogens (tertiary/aromatic N) is 1. The van der Waals surface area contributed by atoms with Gasteiger partial charge in [-0.1, -0.05) is 61.4 Å². The molecule has 1 aliphatic carbocycles. The Balaban J connectivity index is 1.50. The zero-order valence-corrected chi connectivity index (χ0v) is 19.8. The largest absolute Gasteiger partial charge is 0.497 e. The van der Waals surface area contributed by atoms with Gasteiger partial charge in [-0.15, -0.1) is 0 Å². The van der Waals surface area contributed by atoms with Gasteiger partial charge < -0.3 is 19.7 Å². The third-order valence-electron chi connectivity index (χ3n) is 6.48. The summed E-state index contributed by atoms with van der Waals surface area (Å²) < 4.78 is 11.2. The van der Waals surface area contributed by atoms with Crippen molar-refractivity contribution in [1.82, 2.24) is 10.2 Å². The van der Waals surface area contributed by atoms with E-state index in [2.05, 4.69) is 5.32 Å². The fourth-order valence-electron chi connectivity index (χ4n) is 4.45. The Morgan fingerprint density at radius 2 is 1.71 bits per heavy atom. The van der Waals surface area contributed by atoms with E-state index in [0.717, 1.165) is 47.8 Å². The van der Waals surface area contributed by atoms with Crippen LogP contribution in [0.4, 0.5) is 0 Å². The van der Waals surface area contributed by atoms with Crippen LogP contribution in [0.5, 0.6) is 11.5 Å². The lowest BCUT2D eigenvalue weighted by Crippen LogP contribution is -2.50. The van der Waals surface area contributed by atoms with Gasteiger partial charge in [0.2, 0.25) is 5.91 Å². The van der Waals surface area contributed by atoms with Crippen LogP contribution in [-0.2, 0) is 16.1 Å². The molecule has 178 valence electrons. The predicted molar refractivity (Wildman–Crippen MR) is 133 cm³/mol. The highest BCUT2D eigenvalue weighted by molar-refractivity contribution is 5.90. The second kappa shape index (κ2) is 11.1. The van der Waals surface area contributed by atoms with Gasteiger partial charge in [-0.25, -0.2) is 0 Å². The van der Waals surface area contributed by atoms with E-state index in [9.17, 15) is 9.59 Å². The monoisotopic (exact) mass is 460 g/mol. The molecule has 2 amide bonds. The summed E-state index contributed by atoms with van der Waals surface area (Å²) in [7, 11) is 1.62. The standard InChI is InChI=1S/C28H32N2O4/c1-20(28(32)29-23-10-4-5-11-23)30(18-21-14-16-24(33-2)17-15-21)27(31)19-34-26-13-7-9-22-8-3-6-12-25(22)26/h3,6-9,12-17,20,23H,4-5,10-11,18-19H2,1-2H3,(H,29,32). The summed E-state index contributed by atoms with van der Waals surface area (Å²) in [6, 6.07) is 20.8. The van der Waals surface area contributed by atoms with Crippen LogP contribution >= 0.6 is 0 Å². The van der Waals surface area contributed by atoms with E-state index in [1.54, 1.807) is 18.9 Å². The molecule has 0 aliphatic heterocycles. The molecular weight excluding hydrogens is 428 g/mol. The zero-order valence-electron chi connectivity index (χ0n) is 19.8. The first-order valence-corrected chi connectivity index (χ1v) is 11.9. The molecule has 3 aromatic rings. The minimum Gasteiger partial charge on any atom is -0.497 e. The van der Waals surface area contributed by atoms with Crippen LogP contribution in [0.2, 0.25) is 0 Å². The van der Waals surface area contributed by atoms with Crippen molar-refractivity contribution in [3.8, 4) is 11.5 Å². The zero-order chi connectivity index (χ0) is 23.9. The van der Waals surface area contributed by atoms with Crippen molar-refractivity contribution >= 4 is 22.6 Å². The molecule has 0 heterocycles. The predicted octanol–water partition coefficient (Wildman–Crippen LogP) is 4.70. The van der Waals surface area contributed by atoms with E-state index in [-0.39, 0.29) is 24.5 Å². The van der Waals surface area contributed by atoms with Gasteiger partial charge in [-0.05, 0) is 48.9 Å². The molecule has 34 heavy (non-hydrogen) atoms. The summed E-state index contributed by atoms with van der Waals surface area (Å²) in [5.41, 5.74) is 0.917. The lowest BCUT2D eigenvalue weighted by atomic mass is 10.1. The van der Waals surface area contributed by atoms with E-state index >= 15 is 0 Å². The maximum absolute atomic E-state index is 13.4. The summed E-state index contributed by atoms with van der Waals surface area (Å²) in [4.78, 5) is 28.0. The maximum Gasteiger partial charge on any atom is 0.261 e. The summed E-state index contributed by atoms with van der Waals surface area (Å²) in [5, 5.41) is 5.12. The SMILES string of the molecule is COc1ccc(CN(C(=O)COc2cccc3ccccc23)C(C)C(=O)NC2CCCC2)cc1. The molecule has 1 unspecified atom stereocenters. The van der Waals surface area contributed by atoms with Crippen LogP contribution in [0.3, 0.4) is 0 Å². The molecular formula is C28H32N2O4. The van der Waals surface area contributed by atoms with Gasteiger partial charge in [0.25, 0.3) is 5.91 Å². The number of benzene rings is 3. The van der Waals surface area contributed by atoms with Crippen molar-refractivity contribution in [2.45, 2.75) is 51.2 Å². The van der Waals surface area contributed by atoms with Crippen LogP contribution < -0.4 is 14.8 Å². The van der Waals surface area contributed by atoms with Gasteiger partial charge in [0, 0.05) is 18.0 Å². The summed E-state index contributed by atoms with van der Waals surface area (Å²) in [6.45, 7) is 1.94. The molecule has 0 radical (unpaired) electrons. The quantitative estimate of drug-likeness (QED) is 0.503. The Morgan fingerprint density at radius 3 is 2.44 bits per heavy atom. The third-order valence-corrected chi connectivity index (χ3v) is 6.48. The molecule has 1 saturated carbocycles. The molecule has 4 rings (SSSR count). The van der Waals surface area contributed by atoms with Crippen LogP contribution in [-0.4, -0.2) is 42.5 Å². The highest BCUT2D eigenvalue weighted by Gasteiger charge is 2.28. The normalized spacial score (nSPS) is 14.5. The van der Waals surface area contributed by atoms with Crippen molar-refractivity contribution < 1.29 is 19.1 Å². The Hall–Kier alpha value is -3.54. The first kappa shape index (κ1) is 23.6. The number of carbonyl (C=O) groups excluding carboxylic acids is 2. The molecule has 1 N–H and O–H groups in total. The minimum atomic E-state index is -0.619. The number of rotatable bonds is 9. The molecule has 1 fully saturated rings. The van der Waals surface area contributed by atoms with Crippen LogP contribution in [0.15, 0.2) is 66.7 Å². The van der Waals surface area contributed by atoms with E-state index in [1.807, 2.05) is 66.7 Å². The first-order chi connectivity index (χ1) is 16.5. The molecule has 3 aromatic carbocycles. The number of amides is 2. The van der Waals surface area contributed by atoms with Crippen molar-refractivity contribution in [3.05, 3.63) is 72.3 Å². The lowest BCUT2D eigenvalue weighted by Gasteiger charge is -2.29. The van der Waals surface area contributed by atoms with E-state index < -0.39 is 6.04 Å². The maximum atomic E-state index is 13.4. The van der Waals surface area contributed by atoms with Gasteiger partial charge in [-0.2, -0.15) is 0 Å².